The van der Waals surface area contributed by atoms with Gasteiger partial charge in [0.25, 0.3) is 5.91 Å². The molecule has 0 aliphatic carbocycles. The molecule has 2 aromatic rings. The largest absolute Gasteiger partial charge is 0.497 e. The molecule has 0 aliphatic heterocycles. The number of methoxy groups -OCH3 is 1. The van der Waals surface area contributed by atoms with E-state index in [1.165, 1.54) is 10.5 Å². The molecule has 2 aromatic carbocycles. The van der Waals surface area contributed by atoms with Crippen molar-refractivity contribution in [2.45, 2.75) is 13.8 Å². The van der Waals surface area contributed by atoms with Crippen LogP contribution in [0.3, 0.4) is 0 Å². The maximum absolute atomic E-state index is 12.2. The fourth-order valence-corrected chi connectivity index (χ4v) is 2.47. The van der Waals surface area contributed by atoms with Gasteiger partial charge in [-0.25, -0.2) is 0 Å². The summed E-state index contributed by atoms with van der Waals surface area (Å²) >= 11 is 0. The van der Waals surface area contributed by atoms with Crippen molar-refractivity contribution in [3.63, 3.8) is 0 Å². The number of hydrogen-bond acceptors (Lipinski definition) is 3. The van der Waals surface area contributed by atoms with Crippen LogP contribution in [0.5, 0.6) is 11.5 Å². The van der Waals surface area contributed by atoms with E-state index in [0.29, 0.717) is 13.2 Å². The molecule has 0 aliphatic rings. The van der Waals surface area contributed by atoms with Crippen molar-refractivity contribution in [1.82, 2.24) is 0 Å². The first-order valence-corrected chi connectivity index (χ1v) is 8.57. The van der Waals surface area contributed by atoms with Crippen molar-refractivity contribution in [1.29, 1.82) is 0 Å². The highest BCUT2D eigenvalue weighted by Crippen LogP contribution is 2.16. The Morgan fingerprint density at radius 2 is 1.88 bits per heavy atom. The smallest absolute Gasteiger partial charge is 0.279 e. The number of ether oxygens (including phenoxy) is 2. The second-order valence-corrected chi connectivity index (χ2v) is 5.97. The molecule has 1 unspecified atom stereocenters. The van der Waals surface area contributed by atoms with Gasteiger partial charge >= 0.3 is 0 Å². The molecule has 0 aromatic heterocycles. The molecule has 2 N–H and O–H groups in total. The van der Waals surface area contributed by atoms with Gasteiger partial charge in [-0.3, -0.25) is 4.79 Å². The fourth-order valence-electron chi connectivity index (χ4n) is 2.47. The van der Waals surface area contributed by atoms with Crippen LogP contribution in [0.2, 0.25) is 0 Å². The molecule has 0 heterocycles. The first-order chi connectivity index (χ1) is 12.1. The summed E-state index contributed by atoms with van der Waals surface area (Å²) in [5.74, 6) is 1.58. The van der Waals surface area contributed by atoms with Gasteiger partial charge < -0.3 is 19.7 Å². The van der Waals surface area contributed by atoms with E-state index in [-0.39, 0.29) is 5.91 Å². The minimum absolute atomic E-state index is 0.0135. The molecule has 1 amide bonds. The van der Waals surface area contributed by atoms with Crippen molar-refractivity contribution in [3.8, 4) is 11.5 Å². The molecule has 5 nitrogen and oxygen atoms in total. The predicted molar refractivity (Wildman–Crippen MR) is 99.5 cm³/mol. The van der Waals surface area contributed by atoms with Gasteiger partial charge in [0.15, 0.2) is 6.54 Å². The van der Waals surface area contributed by atoms with Gasteiger partial charge in [0.2, 0.25) is 0 Å². The van der Waals surface area contributed by atoms with Crippen LogP contribution in [-0.4, -0.2) is 39.3 Å². The van der Waals surface area contributed by atoms with Crippen LogP contribution in [0.15, 0.2) is 48.5 Å². The maximum atomic E-state index is 12.2. The van der Waals surface area contributed by atoms with Gasteiger partial charge in [0.1, 0.15) is 24.7 Å². The lowest BCUT2D eigenvalue weighted by atomic mass is 10.2. The molecule has 1 atom stereocenters. The van der Waals surface area contributed by atoms with E-state index >= 15 is 0 Å². The highest BCUT2D eigenvalue weighted by molar-refractivity contribution is 5.91. The lowest BCUT2D eigenvalue weighted by Gasteiger charge is -2.17. The number of aryl methyl sites for hydroxylation is 1. The topological polar surface area (TPSA) is 52.0 Å². The minimum Gasteiger partial charge on any atom is -0.497 e. The van der Waals surface area contributed by atoms with Crippen LogP contribution >= 0.6 is 0 Å². The molecule has 0 radical (unpaired) electrons. The van der Waals surface area contributed by atoms with E-state index < -0.39 is 0 Å². The summed E-state index contributed by atoms with van der Waals surface area (Å²) < 4.78 is 10.9. The third-order valence-electron chi connectivity index (χ3n) is 4.01. The van der Waals surface area contributed by atoms with Crippen LogP contribution in [0.4, 0.5) is 5.69 Å². The van der Waals surface area contributed by atoms with E-state index in [9.17, 15) is 4.79 Å². The van der Waals surface area contributed by atoms with E-state index in [1.54, 1.807) is 7.11 Å². The Labute approximate surface area is 149 Å². The highest BCUT2D eigenvalue weighted by Gasteiger charge is 2.13. The van der Waals surface area contributed by atoms with Gasteiger partial charge in [0, 0.05) is 11.8 Å². The number of carbonyl (C=O) groups is 1. The number of nitrogens with one attached hydrogen (secondary N) is 2. The molecule has 0 saturated heterocycles. The van der Waals surface area contributed by atoms with Crippen LogP contribution < -0.4 is 19.7 Å². The zero-order chi connectivity index (χ0) is 18.1. The monoisotopic (exact) mass is 343 g/mol. The van der Waals surface area contributed by atoms with Crippen LogP contribution in [0.25, 0.3) is 0 Å². The zero-order valence-electron chi connectivity index (χ0n) is 15.2. The molecule has 0 fully saturated rings. The molecule has 5 heteroatoms. The summed E-state index contributed by atoms with van der Waals surface area (Å²) in [7, 11) is 1.61. The molecular formula is C20H27N2O3+. The average Bonchev–Trinajstić information content (AvgIpc) is 2.62. The Morgan fingerprint density at radius 3 is 2.56 bits per heavy atom. The Bertz CT molecular complexity index is 671. The molecule has 0 bridgehead atoms. The number of amides is 1. The summed E-state index contributed by atoms with van der Waals surface area (Å²) in [6, 6.07) is 15.4. The van der Waals surface area contributed by atoms with Gasteiger partial charge in [-0.05, 0) is 38.1 Å². The quantitative estimate of drug-likeness (QED) is 0.731. The lowest BCUT2D eigenvalue weighted by molar-refractivity contribution is -0.889. The maximum Gasteiger partial charge on any atom is 0.279 e. The number of rotatable bonds is 9. The first kappa shape index (κ1) is 18.8. The van der Waals surface area contributed by atoms with E-state index in [0.717, 1.165) is 30.3 Å². The van der Waals surface area contributed by atoms with Crippen molar-refractivity contribution in [3.05, 3.63) is 54.1 Å². The number of anilines is 1. The minimum atomic E-state index is -0.0135. The molecule has 25 heavy (non-hydrogen) atoms. The second kappa shape index (κ2) is 9.69. The van der Waals surface area contributed by atoms with Crippen LogP contribution in [0, 0.1) is 6.92 Å². The van der Waals surface area contributed by atoms with Gasteiger partial charge in [0.05, 0.1) is 13.7 Å². The first-order valence-electron chi connectivity index (χ1n) is 8.57. The third kappa shape index (κ3) is 6.47. The predicted octanol–water partition coefficient (Wildman–Crippen LogP) is 1.93. The van der Waals surface area contributed by atoms with Crippen molar-refractivity contribution >= 4 is 11.6 Å². The molecular weight excluding hydrogens is 316 g/mol. The Balaban J connectivity index is 1.77. The Kier molecular flexibility index (Phi) is 7.29. The summed E-state index contributed by atoms with van der Waals surface area (Å²) in [5.41, 5.74) is 1.96. The normalized spacial score (nSPS) is 11.6. The summed E-state index contributed by atoms with van der Waals surface area (Å²) in [6.07, 6.45) is 0. The molecule has 0 spiro atoms. The van der Waals surface area contributed by atoms with Crippen molar-refractivity contribution in [2.24, 2.45) is 0 Å². The Morgan fingerprint density at radius 1 is 1.12 bits per heavy atom. The van der Waals surface area contributed by atoms with E-state index in [2.05, 4.69) is 12.2 Å². The fraction of sp³-hybridized carbons (Fsp3) is 0.350. The number of carbonyl (C=O) groups excluding carboxylic acids is 1. The van der Waals surface area contributed by atoms with Gasteiger partial charge in [-0.15, -0.1) is 0 Å². The summed E-state index contributed by atoms with van der Waals surface area (Å²) in [5, 5.41) is 2.92. The van der Waals surface area contributed by atoms with E-state index in [1.807, 2.05) is 55.5 Å². The van der Waals surface area contributed by atoms with Gasteiger partial charge in [-0.2, -0.15) is 0 Å². The SMILES string of the molecule is CC[NH+](CCOc1ccc(C)cc1)CC(=O)Nc1cccc(OC)c1. The summed E-state index contributed by atoms with van der Waals surface area (Å²) in [6.45, 7) is 6.75. The van der Waals surface area contributed by atoms with Crippen LogP contribution in [0.1, 0.15) is 12.5 Å². The standard InChI is InChI=1S/C20H26N2O3/c1-4-22(12-13-25-18-10-8-16(2)9-11-18)15-20(23)21-17-6-5-7-19(14-17)24-3/h5-11,14H,4,12-13,15H2,1-3H3,(H,21,23)/p+1. The molecule has 2 rings (SSSR count). The molecule has 134 valence electrons. The highest BCUT2D eigenvalue weighted by atomic mass is 16.5. The van der Waals surface area contributed by atoms with Crippen molar-refractivity contribution < 1.29 is 19.2 Å². The summed E-state index contributed by atoms with van der Waals surface area (Å²) in [4.78, 5) is 13.4. The second-order valence-electron chi connectivity index (χ2n) is 5.97. The Hall–Kier alpha value is -2.53. The van der Waals surface area contributed by atoms with Crippen LogP contribution in [-0.2, 0) is 4.79 Å². The number of benzene rings is 2. The molecule has 0 saturated carbocycles. The average molecular weight is 343 g/mol. The van der Waals surface area contributed by atoms with Gasteiger partial charge in [-0.1, -0.05) is 23.8 Å². The lowest BCUT2D eigenvalue weighted by Crippen LogP contribution is -3.13. The zero-order valence-corrected chi connectivity index (χ0v) is 15.2. The third-order valence-corrected chi connectivity index (χ3v) is 4.01. The number of likely N-dealkylation sites (N-methyl/N-ethyl adjacent to an activating group) is 1. The van der Waals surface area contributed by atoms with E-state index in [4.69, 9.17) is 9.47 Å². The number of hydrogen-bond donors (Lipinski definition) is 2. The van der Waals surface area contributed by atoms with Crippen molar-refractivity contribution in [2.75, 3.05) is 38.7 Å². The number of quaternary nitrogens is 1.